The van der Waals surface area contributed by atoms with Crippen LogP contribution in [0.25, 0.3) is 0 Å². The van der Waals surface area contributed by atoms with Crippen molar-refractivity contribution in [2.24, 2.45) is 5.41 Å². The maximum Gasteiger partial charge on any atom is 0.226 e. The molecule has 13 heavy (non-hydrogen) atoms. The Morgan fingerprint density at radius 3 is 2.38 bits per heavy atom. The van der Waals surface area contributed by atoms with Crippen LogP contribution in [-0.2, 0) is 4.79 Å². The summed E-state index contributed by atoms with van der Waals surface area (Å²) >= 11 is 0. The van der Waals surface area contributed by atoms with Crippen molar-refractivity contribution in [2.75, 3.05) is 13.1 Å². The summed E-state index contributed by atoms with van der Waals surface area (Å²) in [5, 5.41) is 6.20. The summed E-state index contributed by atoms with van der Waals surface area (Å²) in [5.41, 5.74) is -0.0322. The van der Waals surface area contributed by atoms with Gasteiger partial charge in [0.2, 0.25) is 5.91 Å². The standard InChI is InChI=1S/C9H16N2O.ClH/c1-9(3-2-4-9)8(12)11-7-5-10-6-7;/h7,10H,2-6H2,1H3,(H,11,12);1H. The highest BCUT2D eigenvalue weighted by atomic mass is 35.5. The minimum Gasteiger partial charge on any atom is -0.350 e. The predicted molar refractivity (Wildman–Crippen MR) is 54.0 cm³/mol. The van der Waals surface area contributed by atoms with Crippen molar-refractivity contribution in [1.82, 2.24) is 10.6 Å². The summed E-state index contributed by atoms with van der Waals surface area (Å²) in [6, 6.07) is 0.398. The third kappa shape index (κ3) is 1.97. The zero-order chi connectivity index (χ0) is 8.60. The molecule has 0 radical (unpaired) electrons. The minimum absolute atomic E-state index is 0. The monoisotopic (exact) mass is 204 g/mol. The Morgan fingerprint density at radius 1 is 1.46 bits per heavy atom. The van der Waals surface area contributed by atoms with Gasteiger partial charge < -0.3 is 10.6 Å². The molecular formula is C9H17ClN2O. The Balaban J connectivity index is 0.000000845. The van der Waals surface area contributed by atoms with Crippen molar-refractivity contribution in [1.29, 1.82) is 0 Å². The van der Waals surface area contributed by atoms with Crippen LogP contribution in [-0.4, -0.2) is 25.0 Å². The Morgan fingerprint density at radius 2 is 2.08 bits per heavy atom. The van der Waals surface area contributed by atoms with Gasteiger partial charge in [0, 0.05) is 18.5 Å². The number of rotatable bonds is 2. The van der Waals surface area contributed by atoms with Crippen LogP contribution in [0.4, 0.5) is 0 Å². The van der Waals surface area contributed by atoms with Gasteiger partial charge in [0.15, 0.2) is 0 Å². The van der Waals surface area contributed by atoms with E-state index >= 15 is 0 Å². The fraction of sp³-hybridized carbons (Fsp3) is 0.889. The zero-order valence-electron chi connectivity index (χ0n) is 7.93. The van der Waals surface area contributed by atoms with Crippen LogP contribution in [0.2, 0.25) is 0 Å². The normalized spacial score (nSPS) is 25.0. The molecule has 1 saturated carbocycles. The van der Waals surface area contributed by atoms with Gasteiger partial charge in [0.25, 0.3) is 0 Å². The SMILES string of the molecule is CC1(C(=O)NC2CNC2)CCC1.Cl. The number of nitrogens with one attached hydrogen (secondary N) is 2. The highest BCUT2D eigenvalue weighted by molar-refractivity contribution is 5.85. The molecule has 1 heterocycles. The number of amides is 1. The molecule has 0 aromatic carbocycles. The lowest BCUT2D eigenvalue weighted by molar-refractivity contribution is -0.135. The van der Waals surface area contributed by atoms with Crippen molar-refractivity contribution in [2.45, 2.75) is 32.2 Å². The molecule has 0 aromatic rings. The van der Waals surface area contributed by atoms with Gasteiger partial charge in [-0.2, -0.15) is 0 Å². The van der Waals surface area contributed by atoms with Crippen LogP contribution in [0.15, 0.2) is 0 Å². The van der Waals surface area contributed by atoms with E-state index in [0.717, 1.165) is 25.9 Å². The summed E-state index contributed by atoms with van der Waals surface area (Å²) in [5.74, 6) is 0.264. The van der Waals surface area contributed by atoms with E-state index in [1.807, 2.05) is 0 Å². The van der Waals surface area contributed by atoms with Gasteiger partial charge in [-0.25, -0.2) is 0 Å². The van der Waals surface area contributed by atoms with Crippen LogP contribution < -0.4 is 10.6 Å². The molecule has 0 atom stereocenters. The first-order valence-corrected chi connectivity index (χ1v) is 4.72. The number of carbonyl (C=O) groups is 1. The highest BCUT2D eigenvalue weighted by Gasteiger charge is 2.40. The summed E-state index contributed by atoms with van der Waals surface area (Å²) in [6.07, 6.45) is 3.35. The van der Waals surface area contributed by atoms with E-state index in [-0.39, 0.29) is 23.7 Å². The van der Waals surface area contributed by atoms with Gasteiger partial charge in [-0.1, -0.05) is 13.3 Å². The predicted octanol–water partition coefficient (Wildman–Crippen LogP) is 0.686. The molecule has 1 aliphatic carbocycles. The lowest BCUT2D eigenvalue weighted by atomic mass is 9.69. The van der Waals surface area contributed by atoms with Crippen LogP contribution >= 0.6 is 12.4 Å². The second-order valence-corrected chi connectivity index (χ2v) is 4.24. The first-order chi connectivity index (χ1) is 5.71. The number of hydrogen-bond acceptors (Lipinski definition) is 2. The smallest absolute Gasteiger partial charge is 0.226 e. The number of hydrogen-bond donors (Lipinski definition) is 2. The minimum atomic E-state index is -0.0322. The van der Waals surface area contributed by atoms with Crippen LogP contribution in [0.5, 0.6) is 0 Å². The maximum absolute atomic E-state index is 11.6. The molecule has 1 aliphatic heterocycles. The van der Waals surface area contributed by atoms with E-state index in [1.165, 1.54) is 6.42 Å². The quantitative estimate of drug-likeness (QED) is 0.695. The van der Waals surface area contributed by atoms with E-state index in [1.54, 1.807) is 0 Å². The molecule has 1 amide bonds. The molecule has 4 heteroatoms. The third-order valence-electron chi connectivity index (χ3n) is 3.12. The molecule has 76 valence electrons. The van der Waals surface area contributed by atoms with Gasteiger partial charge in [0.1, 0.15) is 0 Å². The third-order valence-corrected chi connectivity index (χ3v) is 3.12. The average Bonchev–Trinajstić information content (AvgIpc) is 1.91. The molecule has 1 saturated heterocycles. The molecule has 2 fully saturated rings. The van der Waals surface area contributed by atoms with Gasteiger partial charge >= 0.3 is 0 Å². The Hall–Kier alpha value is -0.280. The van der Waals surface area contributed by atoms with Crippen molar-refractivity contribution in [3.05, 3.63) is 0 Å². The van der Waals surface area contributed by atoms with Crippen LogP contribution in [0.1, 0.15) is 26.2 Å². The number of halogens is 1. The van der Waals surface area contributed by atoms with Gasteiger partial charge in [-0.3, -0.25) is 4.79 Å². The largest absolute Gasteiger partial charge is 0.350 e. The molecule has 3 nitrogen and oxygen atoms in total. The Labute approximate surface area is 85.1 Å². The number of carbonyl (C=O) groups excluding carboxylic acids is 1. The van der Waals surface area contributed by atoms with Crippen molar-refractivity contribution >= 4 is 18.3 Å². The maximum atomic E-state index is 11.6. The van der Waals surface area contributed by atoms with Crippen molar-refractivity contribution < 1.29 is 4.79 Å². The first-order valence-electron chi connectivity index (χ1n) is 4.72. The van der Waals surface area contributed by atoms with E-state index < -0.39 is 0 Å². The topological polar surface area (TPSA) is 41.1 Å². The van der Waals surface area contributed by atoms with E-state index in [0.29, 0.717) is 6.04 Å². The van der Waals surface area contributed by atoms with Crippen LogP contribution in [0, 0.1) is 5.41 Å². The summed E-state index contributed by atoms with van der Waals surface area (Å²) < 4.78 is 0. The first kappa shape index (κ1) is 10.8. The molecule has 2 N–H and O–H groups in total. The van der Waals surface area contributed by atoms with Gasteiger partial charge in [-0.15, -0.1) is 12.4 Å². The van der Waals surface area contributed by atoms with Crippen molar-refractivity contribution in [3.63, 3.8) is 0 Å². The summed E-state index contributed by atoms with van der Waals surface area (Å²) in [6.45, 7) is 3.96. The second-order valence-electron chi connectivity index (χ2n) is 4.24. The molecule has 0 bridgehead atoms. The molecule has 0 unspecified atom stereocenters. The fourth-order valence-electron chi connectivity index (χ4n) is 1.68. The molecular weight excluding hydrogens is 188 g/mol. The summed E-state index contributed by atoms with van der Waals surface area (Å²) in [4.78, 5) is 11.6. The van der Waals surface area contributed by atoms with E-state index in [9.17, 15) is 4.79 Å². The lowest BCUT2D eigenvalue weighted by Gasteiger charge is -2.39. The second kappa shape index (κ2) is 3.84. The van der Waals surface area contributed by atoms with Crippen molar-refractivity contribution in [3.8, 4) is 0 Å². The average molecular weight is 205 g/mol. The van der Waals surface area contributed by atoms with Crippen LogP contribution in [0.3, 0.4) is 0 Å². The lowest BCUT2D eigenvalue weighted by Crippen LogP contribution is -2.60. The zero-order valence-corrected chi connectivity index (χ0v) is 8.75. The molecule has 2 aliphatic rings. The van der Waals surface area contributed by atoms with E-state index in [4.69, 9.17) is 0 Å². The fourth-order valence-corrected chi connectivity index (χ4v) is 1.68. The molecule has 0 spiro atoms. The van der Waals surface area contributed by atoms with Gasteiger partial charge in [-0.05, 0) is 12.8 Å². The Kier molecular flexibility index (Phi) is 3.19. The Bertz CT molecular complexity index is 200. The molecule has 2 rings (SSSR count). The highest BCUT2D eigenvalue weighted by Crippen LogP contribution is 2.40. The molecule has 0 aromatic heterocycles. The summed E-state index contributed by atoms with van der Waals surface area (Å²) in [7, 11) is 0. The van der Waals surface area contributed by atoms with E-state index in [2.05, 4.69) is 17.6 Å². The van der Waals surface area contributed by atoms with Gasteiger partial charge in [0.05, 0.1) is 6.04 Å².